The van der Waals surface area contributed by atoms with Crippen LogP contribution in [0.3, 0.4) is 0 Å². The molecule has 0 heterocycles. The zero-order chi connectivity index (χ0) is 12.2. The third-order valence-electron chi connectivity index (χ3n) is 2.57. The molecule has 88 valence electrons. The second-order valence-electron chi connectivity index (χ2n) is 3.94. The standard InChI is InChI=1S/C11H16N2O3/c1-3-7-13(8-4-2)10(16)12-11(5-6-11)9(14)15/h1H,4-8H2,2H3,(H,12,16)(H,14,15). The van der Waals surface area contributed by atoms with Crippen molar-refractivity contribution in [2.75, 3.05) is 13.1 Å². The Morgan fingerprint density at radius 3 is 2.56 bits per heavy atom. The Morgan fingerprint density at radius 1 is 1.56 bits per heavy atom. The number of carboxylic acids is 1. The molecular formula is C11H16N2O3. The normalized spacial score (nSPS) is 16.0. The van der Waals surface area contributed by atoms with Crippen LogP contribution >= 0.6 is 0 Å². The lowest BCUT2D eigenvalue weighted by molar-refractivity contribution is -0.140. The minimum Gasteiger partial charge on any atom is -0.480 e. The summed E-state index contributed by atoms with van der Waals surface area (Å²) in [5.41, 5.74) is -1.04. The molecule has 5 nitrogen and oxygen atoms in total. The molecule has 0 aliphatic heterocycles. The molecular weight excluding hydrogens is 208 g/mol. The van der Waals surface area contributed by atoms with Crippen LogP contribution in [0.1, 0.15) is 26.2 Å². The topological polar surface area (TPSA) is 69.6 Å². The van der Waals surface area contributed by atoms with Gasteiger partial charge in [0.15, 0.2) is 0 Å². The molecule has 0 bridgehead atoms. The van der Waals surface area contributed by atoms with E-state index >= 15 is 0 Å². The van der Waals surface area contributed by atoms with Crippen molar-refractivity contribution < 1.29 is 14.7 Å². The quantitative estimate of drug-likeness (QED) is 0.674. The molecule has 0 aromatic heterocycles. The third kappa shape index (κ3) is 2.66. The van der Waals surface area contributed by atoms with Crippen LogP contribution in [0.25, 0.3) is 0 Å². The van der Waals surface area contributed by atoms with Gasteiger partial charge in [-0.05, 0) is 19.3 Å². The maximum atomic E-state index is 11.7. The van der Waals surface area contributed by atoms with E-state index in [9.17, 15) is 9.59 Å². The Morgan fingerprint density at radius 2 is 2.19 bits per heavy atom. The van der Waals surface area contributed by atoms with Crippen LogP contribution in [0, 0.1) is 12.3 Å². The van der Waals surface area contributed by atoms with Crippen LogP contribution in [0.2, 0.25) is 0 Å². The Bertz CT molecular complexity index is 329. The summed E-state index contributed by atoms with van der Waals surface area (Å²) in [6, 6.07) is -0.389. The SMILES string of the molecule is C#CCN(CCC)C(=O)NC1(C(=O)O)CC1. The lowest BCUT2D eigenvalue weighted by Gasteiger charge is -2.22. The predicted molar refractivity (Wildman–Crippen MR) is 58.8 cm³/mol. The molecule has 0 saturated heterocycles. The van der Waals surface area contributed by atoms with Gasteiger partial charge in [0, 0.05) is 6.54 Å². The first kappa shape index (κ1) is 12.4. The number of nitrogens with one attached hydrogen (secondary N) is 1. The Kier molecular flexibility index (Phi) is 3.78. The summed E-state index contributed by atoms with van der Waals surface area (Å²) in [4.78, 5) is 24.1. The van der Waals surface area contributed by atoms with Gasteiger partial charge in [0.05, 0.1) is 6.54 Å². The van der Waals surface area contributed by atoms with Gasteiger partial charge in [0.1, 0.15) is 5.54 Å². The largest absolute Gasteiger partial charge is 0.480 e. The van der Waals surface area contributed by atoms with Crippen LogP contribution in [0.5, 0.6) is 0 Å². The summed E-state index contributed by atoms with van der Waals surface area (Å²) in [6.07, 6.45) is 6.92. The van der Waals surface area contributed by atoms with Crippen LogP contribution in [-0.2, 0) is 4.79 Å². The van der Waals surface area contributed by atoms with Gasteiger partial charge in [-0.3, -0.25) is 0 Å². The Hall–Kier alpha value is -1.70. The van der Waals surface area contributed by atoms with Crippen LogP contribution in [0.15, 0.2) is 0 Å². The molecule has 2 amide bonds. The molecule has 0 aromatic carbocycles. The first-order chi connectivity index (χ1) is 7.55. The highest BCUT2D eigenvalue weighted by molar-refractivity contribution is 5.89. The summed E-state index contributed by atoms with van der Waals surface area (Å²) in [6.45, 7) is 2.67. The Balaban J connectivity index is 2.56. The van der Waals surface area contributed by atoms with Crippen LogP contribution in [-0.4, -0.2) is 40.6 Å². The van der Waals surface area contributed by atoms with Crippen molar-refractivity contribution in [3.63, 3.8) is 0 Å². The van der Waals surface area contributed by atoms with Crippen LogP contribution in [0.4, 0.5) is 4.79 Å². The number of carbonyl (C=O) groups is 2. The molecule has 2 N–H and O–H groups in total. The van der Waals surface area contributed by atoms with Crippen LogP contribution < -0.4 is 5.32 Å². The van der Waals surface area contributed by atoms with Crippen molar-refractivity contribution in [2.45, 2.75) is 31.7 Å². The second-order valence-corrected chi connectivity index (χ2v) is 3.94. The molecule has 0 aromatic rings. The average Bonchev–Trinajstić information content (AvgIpc) is 2.98. The van der Waals surface area contributed by atoms with Crippen molar-refractivity contribution in [3.05, 3.63) is 0 Å². The molecule has 1 aliphatic rings. The monoisotopic (exact) mass is 224 g/mol. The molecule has 0 radical (unpaired) electrons. The highest BCUT2D eigenvalue weighted by Crippen LogP contribution is 2.35. The smallest absolute Gasteiger partial charge is 0.329 e. The summed E-state index contributed by atoms with van der Waals surface area (Å²) < 4.78 is 0. The molecule has 0 spiro atoms. The average molecular weight is 224 g/mol. The van der Waals surface area contributed by atoms with E-state index in [0.29, 0.717) is 19.4 Å². The number of rotatable bonds is 5. The summed E-state index contributed by atoms with van der Waals surface area (Å²) in [5.74, 6) is 1.41. The van der Waals surface area contributed by atoms with Crippen molar-refractivity contribution in [1.29, 1.82) is 0 Å². The molecule has 0 atom stereocenters. The molecule has 5 heteroatoms. The van der Waals surface area contributed by atoms with Gasteiger partial charge >= 0.3 is 12.0 Å². The summed E-state index contributed by atoms with van der Waals surface area (Å²) >= 11 is 0. The van der Waals surface area contributed by atoms with Gasteiger partial charge in [-0.2, -0.15) is 0 Å². The maximum absolute atomic E-state index is 11.7. The van der Waals surface area contributed by atoms with Crippen molar-refractivity contribution in [2.24, 2.45) is 0 Å². The minimum absolute atomic E-state index is 0.204. The molecule has 1 saturated carbocycles. The van der Waals surface area contributed by atoms with E-state index in [2.05, 4.69) is 11.2 Å². The first-order valence-electron chi connectivity index (χ1n) is 5.29. The lowest BCUT2D eigenvalue weighted by Crippen LogP contribution is -2.49. The number of hydrogen-bond donors (Lipinski definition) is 2. The fourth-order valence-electron chi connectivity index (χ4n) is 1.43. The third-order valence-corrected chi connectivity index (χ3v) is 2.57. The van der Waals surface area contributed by atoms with Gasteiger partial charge in [-0.25, -0.2) is 9.59 Å². The van der Waals surface area contributed by atoms with Gasteiger partial charge < -0.3 is 15.3 Å². The molecule has 1 aliphatic carbocycles. The number of amides is 2. The van der Waals surface area contributed by atoms with Crippen molar-refractivity contribution >= 4 is 12.0 Å². The summed E-state index contributed by atoms with van der Waals surface area (Å²) in [5, 5.41) is 11.4. The highest BCUT2D eigenvalue weighted by Gasteiger charge is 2.52. The van der Waals surface area contributed by atoms with E-state index in [4.69, 9.17) is 11.5 Å². The zero-order valence-electron chi connectivity index (χ0n) is 9.32. The van der Waals surface area contributed by atoms with Gasteiger partial charge in [0.25, 0.3) is 0 Å². The van der Waals surface area contributed by atoms with E-state index in [1.165, 1.54) is 4.90 Å². The fraction of sp³-hybridized carbons (Fsp3) is 0.636. The second kappa shape index (κ2) is 4.88. The number of hydrogen-bond acceptors (Lipinski definition) is 2. The predicted octanol–water partition coefficient (Wildman–Crippen LogP) is 0.658. The van der Waals surface area contributed by atoms with E-state index in [1.54, 1.807) is 0 Å². The number of carbonyl (C=O) groups excluding carboxylic acids is 1. The number of carboxylic acid groups (broad SMARTS) is 1. The van der Waals surface area contributed by atoms with Gasteiger partial charge in [-0.1, -0.05) is 12.8 Å². The van der Waals surface area contributed by atoms with E-state index in [-0.39, 0.29) is 12.6 Å². The zero-order valence-corrected chi connectivity index (χ0v) is 9.32. The van der Waals surface area contributed by atoms with Crippen molar-refractivity contribution in [3.8, 4) is 12.3 Å². The minimum atomic E-state index is -1.04. The first-order valence-corrected chi connectivity index (χ1v) is 5.29. The van der Waals surface area contributed by atoms with Gasteiger partial charge in [-0.15, -0.1) is 6.42 Å². The molecule has 0 unspecified atom stereocenters. The number of aliphatic carboxylic acids is 1. The van der Waals surface area contributed by atoms with Crippen molar-refractivity contribution in [1.82, 2.24) is 10.2 Å². The molecule has 1 rings (SSSR count). The maximum Gasteiger partial charge on any atom is 0.329 e. The van der Waals surface area contributed by atoms with E-state index < -0.39 is 11.5 Å². The number of nitrogens with zero attached hydrogens (tertiary/aromatic N) is 1. The lowest BCUT2D eigenvalue weighted by atomic mass is 10.3. The van der Waals surface area contributed by atoms with Gasteiger partial charge in [0.2, 0.25) is 0 Å². The summed E-state index contributed by atoms with van der Waals surface area (Å²) in [7, 11) is 0. The molecule has 1 fully saturated rings. The van der Waals surface area contributed by atoms with E-state index in [1.807, 2.05) is 6.92 Å². The number of urea groups is 1. The van der Waals surface area contributed by atoms with E-state index in [0.717, 1.165) is 6.42 Å². The highest BCUT2D eigenvalue weighted by atomic mass is 16.4. The fourth-order valence-corrected chi connectivity index (χ4v) is 1.43. The number of terminal acetylenes is 1. The molecule has 16 heavy (non-hydrogen) atoms. The Labute approximate surface area is 94.8 Å².